The molecular weight excluding hydrogens is 264 g/mol. The summed E-state index contributed by atoms with van der Waals surface area (Å²) < 4.78 is 27.1. The summed E-state index contributed by atoms with van der Waals surface area (Å²) in [5.41, 5.74) is 7.08. The molecule has 0 amide bonds. The van der Waals surface area contributed by atoms with Crippen molar-refractivity contribution < 1.29 is 8.42 Å². The van der Waals surface area contributed by atoms with E-state index >= 15 is 0 Å². The molecule has 0 atom stereocenters. The summed E-state index contributed by atoms with van der Waals surface area (Å²) in [6.45, 7) is 1.89. The molecule has 1 heterocycles. The third-order valence-electron chi connectivity index (χ3n) is 2.57. The molecule has 2 aromatic rings. The van der Waals surface area contributed by atoms with E-state index in [0.29, 0.717) is 23.4 Å². The first-order valence-corrected chi connectivity index (χ1v) is 7.17. The van der Waals surface area contributed by atoms with Crippen molar-refractivity contribution in [2.75, 3.05) is 10.5 Å². The topological polar surface area (TPSA) is 98.0 Å². The van der Waals surface area contributed by atoms with Crippen LogP contribution < -0.4 is 10.5 Å². The van der Waals surface area contributed by atoms with E-state index in [0.717, 1.165) is 0 Å². The van der Waals surface area contributed by atoms with Crippen LogP contribution in [0.1, 0.15) is 12.5 Å². The number of hydrogen-bond acceptors (Lipinski definition) is 5. The SMILES string of the molecule is CCc1ccc(N)cc1S(=O)(=O)Nc1cncnc1. The molecule has 0 radical (unpaired) electrons. The normalized spacial score (nSPS) is 11.2. The van der Waals surface area contributed by atoms with E-state index in [1.807, 2.05) is 6.92 Å². The molecule has 0 aliphatic heterocycles. The lowest BCUT2D eigenvalue weighted by atomic mass is 10.1. The van der Waals surface area contributed by atoms with Gasteiger partial charge in [-0.25, -0.2) is 18.4 Å². The zero-order chi connectivity index (χ0) is 13.9. The fourth-order valence-corrected chi connectivity index (χ4v) is 3.05. The second-order valence-corrected chi connectivity index (χ2v) is 5.60. The number of aromatic nitrogens is 2. The largest absolute Gasteiger partial charge is 0.399 e. The van der Waals surface area contributed by atoms with Gasteiger partial charge in [0.2, 0.25) is 0 Å². The molecule has 19 heavy (non-hydrogen) atoms. The molecule has 0 unspecified atom stereocenters. The van der Waals surface area contributed by atoms with Gasteiger partial charge in [-0.3, -0.25) is 4.72 Å². The molecule has 0 spiro atoms. The number of benzene rings is 1. The average Bonchev–Trinajstić information content (AvgIpc) is 2.39. The molecule has 3 N–H and O–H groups in total. The lowest BCUT2D eigenvalue weighted by Gasteiger charge is -2.11. The van der Waals surface area contributed by atoms with Gasteiger partial charge in [0.1, 0.15) is 6.33 Å². The third kappa shape index (κ3) is 3.00. The van der Waals surface area contributed by atoms with Crippen LogP contribution in [0.4, 0.5) is 11.4 Å². The maximum atomic E-state index is 12.3. The zero-order valence-electron chi connectivity index (χ0n) is 10.4. The molecule has 1 aromatic carbocycles. The first-order valence-electron chi connectivity index (χ1n) is 5.69. The molecule has 0 aliphatic rings. The molecule has 7 heteroatoms. The molecule has 2 rings (SSSR count). The molecule has 1 aromatic heterocycles. The number of nitrogens with zero attached hydrogens (tertiary/aromatic N) is 2. The van der Waals surface area contributed by atoms with Crippen molar-refractivity contribution in [2.24, 2.45) is 0 Å². The van der Waals surface area contributed by atoms with Crippen LogP contribution in [0, 0.1) is 0 Å². The second-order valence-electron chi connectivity index (χ2n) is 3.95. The molecular formula is C12H14N4O2S. The van der Waals surface area contributed by atoms with E-state index in [4.69, 9.17) is 5.73 Å². The Hall–Kier alpha value is -2.15. The molecule has 0 fully saturated rings. The highest BCUT2D eigenvalue weighted by Gasteiger charge is 2.18. The van der Waals surface area contributed by atoms with Crippen LogP contribution in [-0.4, -0.2) is 18.4 Å². The van der Waals surface area contributed by atoms with Gasteiger partial charge in [-0.2, -0.15) is 0 Å². The Labute approximate surface area is 111 Å². The number of aryl methyl sites for hydroxylation is 1. The van der Waals surface area contributed by atoms with Gasteiger partial charge in [-0.15, -0.1) is 0 Å². The van der Waals surface area contributed by atoms with E-state index in [-0.39, 0.29) is 4.90 Å². The van der Waals surface area contributed by atoms with E-state index in [1.54, 1.807) is 12.1 Å². The minimum Gasteiger partial charge on any atom is -0.399 e. The summed E-state index contributed by atoms with van der Waals surface area (Å²) in [5, 5.41) is 0. The smallest absolute Gasteiger partial charge is 0.262 e. The second kappa shape index (κ2) is 5.23. The van der Waals surface area contributed by atoms with Crippen LogP contribution in [-0.2, 0) is 16.4 Å². The number of hydrogen-bond donors (Lipinski definition) is 2. The van der Waals surface area contributed by atoms with Crippen molar-refractivity contribution in [3.8, 4) is 0 Å². The van der Waals surface area contributed by atoms with Gasteiger partial charge in [0.25, 0.3) is 10.0 Å². The summed E-state index contributed by atoms with van der Waals surface area (Å²) in [6.07, 6.45) is 4.71. The highest BCUT2D eigenvalue weighted by atomic mass is 32.2. The molecule has 0 bridgehead atoms. The lowest BCUT2D eigenvalue weighted by Crippen LogP contribution is -2.15. The van der Waals surface area contributed by atoms with Crippen LogP contribution in [0.25, 0.3) is 0 Å². The summed E-state index contributed by atoms with van der Waals surface area (Å²) in [6, 6.07) is 4.85. The highest BCUT2D eigenvalue weighted by Crippen LogP contribution is 2.22. The van der Waals surface area contributed by atoms with E-state index in [1.165, 1.54) is 24.8 Å². The van der Waals surface area contributed by atoms with Crippen molar-refractivity contribution in [3.63, 3.8) is 0 Å². The van der Waals surface area contributed by atoms with Crippen molar-refractivity contribution >= 4 is 21.4 Å². The molecule has 100 valence electrons. The zero-order valence-corrected chi connectivity index (χ0v) is 11.2. The minimum atomic E-state index is -3.69. The van der Waals surface area contributed by atoms with Crippen LogP contribution >= 0.6 is 0 Å². The third-order valence-corrected chi connectivity index (χ3v) is 4.04. The Kier molecular flexibility index (Phi) is 3.66. The van der Waals surface area contributed by atoms with Crippen LogP contribution in [0.5, 0.6) is 0 Å². The maximum absolute atomic E-state index is 12.3. The minimum absolute atomic E-state index is 0.179. The number of rotatable bonds is 4. The summed E-state index contributed by atoms with van der Waals surface area (Å²) in [4.78, 5) is 7.70. The van der Waals surface area contributed by atoms with Gasteiger partial charge in [0.15, 0.2) is 0 Å². The molecule has 0 saturated heterocycles. The first-order chi connectivity index (χ1) is 9.03. The Balaban J connectivity index is 2.42. The number of nitrogens with two attached hydrogens (primary N) is 1. The Morgan fingerprint density at radius 3 is 2.58 bits per heavy atom. The van der Waals surface area contributed by atoms with Crippen molar-refractivity contribution in [1.29, 1.82) is 0 Å². The maximum Gasteiger partial charge on any atom is 0.262 e. The van der Waals surface area contributed by atoms with Gasteiger partial charge in [-0.1, -0.05) is 13.0 Å². The fourth-order valence-electron chi connectivity index (χ4n) is 1.68. The van der Waals surface area contributed by atoms with E-state index in [2.05, 4.69) is 14.7 Å². The van der Waals surface area contributed by atoms with Gasteiger partial charge in [0, 0.05) is 5.69 Å². The summed E-state index contributed by atoms with van der Waals surface area (Å²) in [7, 11) is -3.69. The molecule has 0 aliphatic carbocycles. The van der Waals surface area contributed by atoms with Gasteiger partial charge in [-0.05, 0) is 24.1 Å². The van der Waals surface area contributed by atoms with Gasteiger partial charge in [0.05, 0.1) is 23.0 Å². The standard InChI is InChI=1S/C12H14N4O2S/c1-2-9-3-4-10(13)5-12(9)19(17,18)16-11-6-14-8-15-7-11/h3-8,16H,2,13H2,1H3. The monoisotopic (exact) mass is 278 g/mol. The van der Waals surface area contributed by atoms with Gasteiger partial charge >= 0.3 is 0 Å². The van der Waals surface area contributed by atoms with Crippen molar-refractivity contribution in [2.45, 2.75) is 18.2 Å². The Bertz CT molecular complexity index is 671. The summed E-state index contributed by atoms with van der Waals surface area (Å²) >= 11 is 0. The Morgan fingerprint density at radius 2 is 1.95 bits per heavy atom. The average molecular weight is 278 g/mol. The van der Waals surface area contributed by atoms with Crippen LogP contribution in [0.15, 0.2) is 41.8 Å². The predicted octanol–water partition coefficient (Wildman–Crippen LogP) is 1.42. The predicted molar refractivity (Wildman–Crippen MR) is 73.1 cm³/mol. The molecule has 6 nitrogen and oxygen atoms in total. The van der Waals surface area contributed by atoms with Crippen molar-refractivity contribution in [3.05, 3.63) is 42.5 Å². The van der Waals surface area contributed by atoms with E-state index in [9.17, 15) is 8.42 Å². The van der Waals surface area contributed by atoms with Gasteiger partial charge < -0.3 is 5.73 Å². The Morgan fingerprint density at radius 1 is 1.26 bits per heavy atom. The van der Waals surface area contributed by atoms with Crippen LogP contribution in [0.3, 0.4) is 0 Å². The molecule has 0 saturated carbocycles. The fraction of sp³-hybridized carbons (Fsp3) is 0.167. The van der Waals surface area contributed by atoms with Crippen molar-refractivity contribution in [1.82, 2.24) is 9.97 Å². The number of sulfonamides is 1. The summed E-state index contributed by atoms with van der Waals surface area (Å²) in [5.74, 6) is 0. The lowest BCUT2D eigenvalue weighted by molar-refractivity contribution is 0.600. The van der Waals surface area contributed by atoms with E-state index < -0.39 is 10.0 Å². The highest BCUT2D eigenvalue weighted by molar-refractivity contribution is 7.92. The van der Waals surface area contributed by atoms with Crippen LogP contribution in [0.2, 0.25) is 0 Å². The first kappa shape index (κ1) is 13.3. The number of anilines is 2. The number of nitrogen functional groups attached to an aromatic ring is 1. The number of nitrogens with one attached hydrogen (secondary N) is 1. The quantitative estimate of drug-likeness (QED) is 0.824.